The molecule has 0 amide bonds. The van der Waals surface area contributed by atoms with Crippen LogP contribution in [0.5, 0.6) is 0 Å². The second kappa shape index (κ2) is 8.10. The summed E-state index contributed by atoms with van der Waals surface area (Å²) in [6, 6.07) is 15.6. The maximum atomic E-state index is 13.0. The summed E-state index contributed by atoms with van der Waals surface area (Å²) in [5, 5.41) is 7.54. The topological polar surface area (TPSA) is 64.0 Å². The summed E-state index contributed by atoms with van der Waals surface area (Å²) in [6.07, 6.45) is 0. The Morgan fingerprint density at radius 3 is 2.36 bits per heavy atom. The van der Waals surface area contributed by atoms with Gasteiger partial charge in [-0.05, 0) is 31.5 Å². The van der Waals surface area contributed by atoms with Crippen molar-refractivity contribution in [2.24, 2.45) is 0 Å². The fourth-order valence-electron chi connectivity index (χ4n) is 3.04. The minimum absolute atomic E-state index is 0.150. The second-order valence-electron chi connectivity index (χ2n) is 6.45. The minimum atomic E-state index is -4.68. The first-order chi connectivity index (χ1) is 13.3. The van der Waals surface area contributed by atoms with Gasteiger partial charge in [0.25, 0.3) is 0 Å². The molecule has 0 radical (unpaired) electrons. The quantitative estimate of drug-likeness (QED) is 0.641. The number of benzene rings is 2. The molecule has 148 valence electrons. The number of nitrogens with one attached hydrogen (secondary N) is 1. The van der Waals surface area contributed by atoms with Crippen molar-refractivity contribution < 1.29 is 17.2 Å². The molecule has 3 aromatic rings. The van der Waals surface area contributed by atoms with Crippen molar-refractivity contribution in [3.63, 3.8) is 0 Å². The van der Waals surface area contributed by atoms with Gasteiger partial charge in [-0.2, -0.15) is 13.9 Å². The third-order valence-electron chi connectivity index (χ3n) is 4.59. The molecule has 0 aliphatic heterocycles. The van der Waals surface area contributed by atoms with E-state index in [2.05, 4.69) is 10.4 Å². The fraction of sp³-hybridized carbons (Fsp3) is 0.250. The van der Waals surface area contributed by atoms with E-state index in [4.69, 9.17) is 0 Å². The van der Waals surface area contributed by atoms with Crippen LogP contribution in [0.2, 0.25) is 0 Å². The molecule has 1 aromatic heterocycles. The molecule has 0 aliphatic rings. The van der Waals surface area contributed by atoms with E-state index in [1.807, 2.05) is 48.9 Å². The highest BCUT2D eigenvalue weighted by Gasteiger charge is 2.29. The van der Waals surface area contributed by atoms with Crippen molar-refractivity contribution >= 4 is 15.5 Å². The van der Waals surface area contributed by atoms with Gasteiger partial charge in [0.1, 0.15) is 0 Å². The molecule has 5 nitrogen and oxygen atoms in total. The zero-order chi connectivity index (χ0) is 20.3. The van der Waals surface area contributed by atoms with Crippen LogP contribution in [0, 0.1) is 13.8 Å². The number of hydrogen-bond acceptors (Lipinski definition) is 4. The molecule has 0 fully saturated rings. The average molecular weight is 405 g/mol. The zero-order valence-corrected chi connectivity index (χ0v) is 16.4. The monoisotopic (exact) mass is 405 g/mol. The van der Waals surface area contributed by atoms with Crippen LogP contribution in [0.4, 0.5) is 14.5 Å². The summed E-state index contributed by atoms with van der Waals surface area (Å²) in [4.78, 5) is -0.406. The van der Waals surface area contributed by atoms with E-state index in [1.54, 1.807) is 6.07 Å². The van der Waals surface area contributed by atoms with Gasteiger partial charge in [0.05, 0.1) is 22.8 Å². The summed E-state index contributed by atoms with van der Waals surface area (Å²) < 4.78 is 51.6. The van der Waals surface area contributed by atoms with E-state index in [0.717, 1.165) is 22.5 Å². The van der Waals surface area contributed by atoms with E-state index in [1.165, 1.54) is 18.2 Å². The third kappa shape index (κ3) is 4.06. The molecule has 0 bridgehead atoms. The van der Waals surface area contributed by atoms with Crippen molar-refractivity contribution in [1.29, 1.82) is 0 Å². The molecule has 28 heavy (non-hydrogen) atoms. The number of nitrogens with zero attached hydrogens (tertiary/aromatic N) is 2. The molecule has 3 rings (SSSR count). The molecule has 0 saturated heterocycles. The SMILES string of the molecule is Cc1nn(Cc2ccccc2)c(C)c1CNc1ccccc1S(=O)(=O)C(F)F. The maximum absolute atomic E-state index is 13.0. The third-order valence-corrected chi connectivity index (χ3v) is 6.03. The molecular weight excluding hydrogens is 384 g/mol. The Labute approximate surface area is 162 Å². The summed E-state index contributed by atoms with van der Waals surface area (Å²) in [5.74, 6) is -3.47. The number of aryl methyl sites for hydroxylation is 1. The van der Waals surface area contributed by atoms with Gasteiger partial charge in [-0.15, -0.1) is 0 Å². The first-order valence-electron chi connectivity index (χ1n) is 8.72. The van der Waals surface area contributed by atoms with Crippen molar-refractivity contribution in [1.82, 2.24) is 9.78 Å². The Morgan fingerprint density at radius 1 is 1.04 bits per heavy atom. The van der Waals surface area contributed by atoms with E-state index >= 15 is 0 Å². The van der Waals surface area contributed by atoms with Crippen LogP contribution in [-0.4, -0.2) is 24.0 Å². The van der Waals surface area contributed by atoms with E-state index < -0.39 is 20.5 Å². The molecule has 0 spiro atoms. The van der Waals surface area contributed by atoms with Crippen LogP contribution < -0.4 is 5.32 Å². The van der Waals surface area contributed by atoms with Gasteiger partial charge in [-0.3, -0.25) is 4.68 Å². The highest BCUT2D eigenvalue weighted by molar-refractivity contribution is 7.91. The highest BCUT2D eigenvalue weighted by atomic mass is 32.2. The number of aromatic nitrogens is 2. The minimum Gasteiger partial charge on any atom is -0.380 e. The molecule has 0 unspecified atom stereocenters. The van der Waals surface area contributed by atoms with E-state index in [0.29, 0.717) is 6.54 Å². The van der Waals surface area contributed by atoms with Gasteiger partial charge < -0.3 is 5.32 Å². The van der Waals surface area contributed by atoms with Crippen molar-refractivity contribution in [2.45, 2.75) is 37.6 Å². The van der Waals surface area contributed by atoms with Crippen LogP contribution in [0.15, 0.2) is 59.5 Å². The van der Waals surface area contributed by atoms with Crippen LogP contribution in [-0.2, 0) is 22.9 Å². The standard InChI is InChI=1S/C20H21F2N3O2S/c1-14-17(15(2)25(24-14)13-16-8-4-3-5-9-16)12-23-18-10-6-7-11-19(18)28(26,27)20(21)22/h3-11,20,23H,12-13H2,1-2H3. The van der Waals surface area contributed by atoms with Gasteiger partial charge in [-0.25, -0.2) is 8.42 Å². The lowest BCUT2D eigenvalue weighted by Crippen LogP contribution is -2.14. The maximum Gasteiger partial charge on any atom is 0.341 e. The van der Waals surface area contributed by atoms with Crippen LogP contribution in [0.3, 0.4) is 0 Å². The highest BCUT2D eigenvalue weighted by Crippen LogP contribution is 2.27. The number of sulfone groups is 1. The zero-order valence-electron chi connectivity index (χ0n) is 15.6. The first kappa shape index (κ1) is 20.0. The lowest BCUT2D eigenvalue weighted by atomic mass is 10.2. The van der Waals surface area contributed by atoms with Gasteiger partial charge in [-0.1, -0.05) is 42.5 Å². The average Bonchev–Trinajstić information content (AvgIpc) is 2.94. The van der Waals surface area contributed by atoms with Gasteiger partial charge >= 0.3 is 5.76 Å². The van der Waals surface area contributed by atoms with Gasteiger partial charge in [0.15, 0.2) is 0 Å². The molecule has 1 N–H and O–H groups in total. The van der Waals surface area contributed by atoms with Gasteiger partial charge in [0.2, 0.25) is 9.84 Å². The number of hydrogen-bond donors (Lipinski definition) is 1. The van der Waals surface area contributed by atoms with E-state index in [9.17, 15) is 17.2 Å². The molecule has 0 saturated carbocycles. The largest absolute Gasteiger partial charge is 0.380 e. The number of rotatable bonds is 7. The predicted molar refractivity (Wildman–Crippen MR) is 104 cm³/mol. The molecule has 8 heteroatoms. The number of halogens is 2. The Balaban J connectivity index is 1.83. The van der Waals surface area contributed by atoms with Crippen molar-refractivity contribution in [3.8, 4) is 0 Å². The Hall–Kier alpha value is -2.74. The van der Waals surface area contributed by atoms with Crippen LogP contribution in [0.25, 0.3) is 0 Å². The van der Waals surface area contributed by atoms with Crippen molar-refractivity contribution in [2.75, 3.05) is 5.32 Å². The lowest BCUT2D eigenvalue weighted by molar-refractivity contribution is 0.235. The first-order valence-corrected chi connectivity index (χ1v) is 10.3. The number of alkyl halides is 2. The second-order valence-corrected chi connectivity index (χ2v) is 8.33. The van der Waals surface area contributed by atoms with Crippen molar-refractivity contribution in [3.05, 3.63) is 77.1 Å². The summed E-state index contributed by atoms with van der Waals surface area (Å²) in [7, 11) is -4.68. The molecule has 0 atom stereocenters. The number of anilines is 1. The van der Waals surface area contributed by atoms with Gasteiger partial charge in [0, 0.05) is 17.8 Å². The normalized spacial score (nSPS) is 11.8. The predicted octanol–water partition coefficient (Wildman–Crippen LogP) is 4.16. The Morgan fingerprint density at radius 2 is 1.68 bits per heavy atom. The number of para-hydroxylation sites is 1. The van der Waals surface area contributed by atoms with Crippen LogP contribution in [0.1, 0.15) is 22.5 Å². The molecule has 1 heterocycles. The van der Waals surface area contributed by atoms with Crippen LogP contribution >= 0.6 is 0 Å². The smallest absolute Gasteiger partial charge is 0.341 e. The van der Waals surface area contributed by atoms with E-state index in [-0.39, 0.29) is 12.2 Å². The molecular formula is C20H21F2N3O2S. The fourth-order valence-corrected chi connectivity index (χ4v) is 3.95. The Bertz CT molecular complexity index is 1060. The summed E-state index contributed by atoms with van der Waals surface area (Å²) in [5.41, 5.74) is 3.90. The summed E-state index contributed by atoms with van der Waals surface area (Å²) in [6.45, 7) is 4.70. The lowest BCUT2D eigenvalue weighted by Gasteiger charge is -2.12. The molecule has 2 aromatic carbocycles. The summed E-state index contributed by atoms with van der Waals surface area (Å²) >= 11 is 0. The molecule has 0 aliphatic carbocycles. The Kier molecular flexibility index (Phi) is 5.79.